The molecule has 170 valence electrons. The lowest BCUT2D eigenvalue weighted by Gasteiger charge is -2.33. The molecule has 0 atom stereocenters. The minimum Gasteiger partial charge on any atom is -0.486 e. The van der Waals surface area contributed by atoms with Crippen LogP contribution in [0.2, 0.25) is 0 Å². The maximum atomic E-state index is 13.0. The van der Waals surface area contributed by atoms with Gasteiger partial charge in [0.05, 0.1) is 11.4 Å². The van der Waals surface area contributed by atoms with E-state index >= 15 is 0 Å². The van der Waals surface area contributed by atoms with Crippen LogP contribution in [0.3, 0.4) is 0 Å². The van der Waals surface area contributed by atoms with E-state index in [1.54, 1.807) is 34.8 Å². The predicted molar refractivity (Wildman–Crippen MR) is 131 cm³/mol. The number of aromatic nitrogens is 2. The molecule has 2 aromatic heterocycles. The second-order valence-electron chi connectivity index (χ2n) is 8.04. The Kier molecular flexibility index (Phi) is 7.06. The normalized spacial score (nSPS) is 15.1. The first-order chi connectivity index (χ1) is 16.2. The summed E-state index contributed by atoms with van der Waals surface area (Å²) < 4.78 is 18.7. The summed E-state index contributed by atoms with van der Waals surface area (Å²) in [6.45, 7) is 6.27. The lowest BCUT2D eigenvalue weighted by molar-refractivity contribution is 0.120. The molecule has 2 aromatic carbocycles. The van der Waals surface area contributed by atoms with Crippen LogP contribution < -0.4 is 4.74 Å². The summed E-state index contributed by atoms with van der Waals surface area (Å²) in [6.07, 6.45) is 0. The number of piperazine rings is 1. The van der Waals surface area contributed by atoms with Crippen molar-refractivity contribution in [1.82, 2.24) is 19.8 Å². The standard InChI is InChI=1S/C25H25FN4OS2/c26-20-6-8-23(9-7-20)31-16-24-27-21(17-32-24)14-29-10-12-30(13-11-29)15-22-18-33-25(28-22)19-4-2-1-3-5-19/h1-9,17-18H,10-16H2. The van der Waals surface area contributed by atoms with E-state index in [1.807, 2.05) is 6.07 Å². The highest BCUT2D eigenvalue weighted by Crippen LogP contribution is 2.24. The first kappa shape index (κ1) is 22.2. The van der Waals surface area contributed by atoms with Crippen molar-refractivity contribution in [2.75, 3.05) is 26.2 Å². The average Bonchev–Trinajstić information content (AvgIpc) is 3.50. The van der Waals surface area contributed by atoms with Crippen LogP contribution in [0.5, 0.6) is 5.75 Å². The molecule has 5 nitrogen and oxygen atoms in total. The van der Waals surface area contributed by atoms with Gasteiger partial charge < -0.3 is 4.74 Å². The van der Waals surface area contributed by atoms with Gasteiger partial charge in [-0.2, -0.15) is 0 Å². The number of thiazole rings is 2. The Hall–Kier alpha value is -2.65. The van der Waals surface area contributed by atoms with Crippen molar-refractivity contribution < 1.29 is 9.13 Å². The molecule has 8 heteroatoms. The second kappa shape index (κ2) is 10.5. The number of hydrogen-bond donors (Lipinski definition) is 0. The molecule has 0 N–H and O–H groups in total. The van der Waals surface area contributed by atoms with Crippen molar-refractivity contribution in [3.8, 4) is 16.3 Å². The molecular weight excluding hydrogens is 455 g/mol. The fourth-order valence-corrected chi connectivity index (χ4v) is 5.33. The Morgan fingerprint density at radius 3 is 2.12 bits per heavy atom. The molecule has 0 aliphatic carbocycles. The zero-order valence-electron chi connectivity index (χ0n) is 18.2. The zero-order chi connectivity index (χ0) is 22.5. The van der Waals surface area contributed by atoms with Crippen LogP contribution in [0.25, 0.3) is 10.6 Å². The SMILES string of the molecule is Fc1ccc(OCc2nc(CN3CCN(Cc4csc(-c5ccccc5)n4)CC3)cs2)cc1. The van der Waals surface area contributed by atoms with Crippen LogP contribution in [0.4, 0.5) is 4.39 Å². The van der Waals surface area contributed by atoms with Gasteiger partial charge in [-0.1, -0.05) is 30.3 Å². The van der Waals surface area contributed by atoms with Crippen LogP contribution in [0, 0.1) is 5.82 Å². The van der Waals surface area contributed by atoms with E-state index < -0.39 is 0 Å². The maximum Gasteiger partial charge on any atom is 0.140 e. The molecule has 1 aliphatic rings. The summed E-state index contributed by atoms with van der Waals surface area (Å²) >= 11 is 3.33. The van der Waals surface area contributed by atoms with Gasteiger partial charge in [0.25, 0.3) is 0 Å². The molecular formula is C25H25FN4OS2. The van der Waals surface area contributed by atoms with Crippen molar-refractivity contribution in [2.45, 2.75) is 19.7 Å². The molecule has 0 spiro atoms. The van der Waals surface area contributed by atoms with Crippen LogP contribution in [0.15, 0.2) is 65.4 Å². The van der Waals surface area contributed by atoms with E-state index in [9.17, 15) is 4.39 Å². The minimum atomic E-state index is -0.262. The summed E-state index contributed by atoms with van der Waals surface area (Å²) in [4.78, 5) is 14.5. The Labute approximate surface area is 201 Å². The summed E-state index contributed by atoms with van der Waals surface area (Å²) in [7, 11) is 0. The van der Waals surface area contributed by atoms with Gasteiger partial charge in [0.15, 0.2) is 0 Å². The Morgan fingerprint density at radius 2 is 1.42 bits per heavy atom. The third kappa shape index (κ3) is 6.03. The fraction of sp³-hybridized carbons (Fsp3) is 0.280. The molecule has 1 aliphatic heterocycles. The summed E-state index contributed by atoms with van der Waals surface area (Å²) in [5.41, 5.74) is 3.42. The van der Waals surface area contributed by atoms with Gasteiger partial charge in [0, 0.05) is 55.6 Å². The highest BCUT2D eigenvalue weighted by atomic mass is 32.1. The molecule has 0 bridgehead atoms. The van der Waals surface area contributed by atoms with E-state index in [4.69, 9.17) is 14.7 Å². The number of rotatable bonds is 8. The summed E-state index contributed by atoms with van der Waals surface area (Å²) in [5.74, 6) is 0.391. The van der Waals surface area contributed by atoms with Gasteiger partial charge >= 0.3 is 0 Å². The van der Waals surface area contributed by atoms with Crippen LogP contribution in [0.1, 0.15) is 16.4 Å². The number of halogens is 1. The van der Waals surface area contributed by atoms with Crippen molar-refractivity contribution >= 4 is 22.7 Å². The van der Waals surface area contributed by atoms with Gasteiger partial charge in [-0.15, -0.1) is 22.7 Å². The Bertz CT molecular complexity index is 1150. The number of ether oxygens (including phenoxy) is 1. The van der Waals surface area contributed by atoms with Crippen molar-refractivity contribution in [3.63, 3.8) is 0 Å². The van der Waals surface area contributed by atoms with Gasteiger partial charge in [0.2, 0.25) is 0 Å². The monoisotopic (exact) mass is 480 g/mol. The molecule has 0 unspecified atom stereocenters. The first-order valence-corrected chi connectivity index (χ1v) is 12.7. The average molecular weight is 481 g/mol. The summed E-state index contributed by atoms with van der Waals surface area (Å²) in [5, 5.41) is 6.31. The molecule has 5 rings (SSSR count). The highest BCUT2D eigenvalue weighted by molar-refractivity contribution is 7.13. The van der Waals surface area contributed by atoms with E-state index in [-0.39, 0.29) is 5.82 Å². The van der Waals surface area contributed by atoms with E-state index in [2.05, 4.69) is 44.8 Å². The zero-order valence-corrected chi connectivity index (χ0v) is 19.8. The quantitative estimate of drug-likeness (QED) is 0.342. The van der Waals surface area contributed by atoms with Gasteiger partial charge in [-0.3, -0.25) is 9.80 Å². The van der Waals surface area contributed by atoms with Gasteiger partial charge in [0.1, 0.15) is 28.2 Å². The lowest BCUT2D eigenvalue weighted by Crippen LogP contribution is -2.45. The van der Waals surface area contributed by atoms with E-state index in [0.717, 1.165) is 60.7 Å². The molecule has 33 heavy (non-hydrogen) atoms. The maximum absolute atomic E-state index is 13.0. The topological polar surface area (TPSA) is 41.5 Å². The van der Waals surface area contributed by atoms with Gasteiger partial charge in [-0.05, 0) is 24.3 Å². The van der Waals surface area contributed by atoms with Crippen molar-refractivity contribution in [3.05, 3.63) is 87.6 Å². The number of hydrogen-bond acceptors (Lipinski definition) is 7. The third-order valence-corrected chi connectivity index (χ3v) is 7.40. The Morgan fingerprint density at radius 1 is 0.788 bits per heavy atom. The van der Waals surface area contributed by atoms with Crippen molar-refractivity contribution in [2.24, 2.45) is 0 Å². The highest BCUT2D eigenvalue weighted by Gasteiger charge is 2.19. The van der Waals surface area contributed by atoms with Crippen LogP contribution in [-0.2, 0) is 19.7 Å². The molecule has 0 saturated carbocycles. The fourth-order valence-electron chi connectivity index (χ4n) is 3.82. The summed E-state index contributed by atoms with van der Waals surface area (Å²) in [6, 6.07) is 16.4. The second-order valence-corrected chi connectivity index (χ2v) is 9.84. The molecule has 1 fully saturated rings. The van der Waals surface area contributed by atoms with Crippen LogP contribution >= 0.6 is 22.7 Å². The number of nitrogens with zero attached hydrogens (tertiary/aromatic N) is 4. The molecule has 3 heterocycles. The predicted octanol–water partition coefficient (Wildman–Crippen LogP) is 5.30. The van der Waals surface area contributed by atoms with Crippen molar-refractivity contribution in [1.29, 1.82) is 0 Å². The molecule has 4 aromatic rings. The molecule has 0 amide bonds. The molecule has 1 saturated heterocycles. The molecule has 0 radical (unpaired) electrons. The smallest absolute Gasteiger partial charge is 0.140 e. The van der Waals surface area contributed by atoms with Gasteiger partial charge in [-0.25, -0.2) is 14.4 Å². The van der Waals surface area contributed by atoms with E-state index in [1.165, 1.54) is 17.7 Å². The third-order valence-electron chi connectivity index (χ3n) is 5.58. The lowest BCUT2D eigenvalue weighted by atomic mass is 10.2. The Balaban J connectivity index is 1.07. The van der Waals surface area contributed by atoms with E-state index in [0.29, 0.717) is 12.4 Å². The first-order valence-electron chi connectivity index (χ1n) is 11.0. The largest absolute Gasteiger partial charge is 0.486 e. The minimum absolute atomic E-state index is 0.262. The number of benzene rings is 2. The van der Waals surface area contributed by atoms with Crippen LogP contribution in [-0.4, -0.2) is 45.9 Å².